The molecule has 0 radical (unpaired) electrons. The van der Waals surface area contributed by atoms with E-state index < -0.39 is 0 Å². The summed E-state index contributed by atoms with van der Waals surface area (Å²) < 4.78 is 5.97. The summed E-state index contributed by atoms with van der Waals surface area (Å²) in [6, 6.07) is 5.78. The second kappa shape index (κ2) is 7.01. The minimum Gasteiger partial charge on any atom is -0.372 e. The van der Waals surface area contributed by atoms with Gasteiger partial charge in [-0.1, -0.05) is 29.3 Å². The van der Waals surface area contributed by atoms with E-state index in [1.54, 1.807) is 0 Å². The van der Waals surface area contributed by atoms with Crippen molar-refractivity contribution in [2.75, 3.05) is 31.7 Å². The van der Waals surface area contributed by atoms with Gasteiger partial charge >= 0.3 is 0 Å². The maximum atomic E-state index is 6.09. The highest BCUT2D eigenvalue weighted by molar-refractivity contribution is 7.98. The van der Waals surface area contributed by atoms with Crippen LogP contribution >= 0.6 is 35.0 Å². The van der Waals surface area contributed by atoms with Gasteiger partial charge in [-0.3, -0.25) is 0 Å². The first kappa shape index (κ1) is 14.5. The Kier molecular flexibility index (Phi) is 5.64. The highest BCUT2D eigenvalue weighted by Gasteiger charge is 2.26. The molecule has 0 bridgehead atoms. The molecule has 1 aromatic carbocycles. The lowest BCUT2D eigenvalue weighted by atomic mass is 9.97. The molecule has 1 saturated heterocycles. The first-order valence-electron chi connectivity index (χ1n) is 5.98. The van der Waals surface area contributed by atoms with Gasteiger partial charge in [-0.15, -0.1) is 0 Å². The highest BCUT2D eigenvalue weighted by Crippen LogP contribution is 2.33. The number of rotatable bonds is 3. The van der Waals surface area contributed by atoms with Crippen molar-refractivity contribution in [2.24, 2.45) is 5.92 Å². The van der Waals surface area contributed by atoms with Crippen molar-refractivity contribution in [3.63, 3.8) is 0 Å². The average Bonchev–Trinajstić information content (AvgIpc) is 2.59. The van der Waals surface area contributed by atoms with Crippen LogP contribution in [-0.4, -0.2) is 31.7 Å². The van der Waals surface area contributed by atoms with Gasteiger partial charge in [-0.05, 0) is 29.7 Å². The Hall–Kier alpha value is 0.0700. The van der Waals surface area contributed by atoms with Gasteiger partial charge in [-0.2, -0.15) is 11.8 Å². The van der Waals surface area contributed by atoms with Crippen LogP contribution in [0.1, 0.15) is 11.7 Å². The van der Waals surface area contributed by atoms with Crippen LogP contribution in [0.4, 0.5) is 0 Å². The molecule has 0 unspecified atom stereocenters. The molecule has 1 heterocycles. The van der Waals surface area contributed by atoms with Crippen LogP contribution in [0.5, 0.6) is 0 Å². The fourth-order valence-electron chi connectivity index (χ4n) is 2.21. The van der Waals surface area contributed by atoms with Crippen molar-refractivity contribution >= 4 is 35.0 Å². The summed E-state index contributed by atoms with van der Waals surface area (Å²) in [6.45, 7) is 2.62. The maximum absolute atomic E-state index is 6.09. The standard InChI is InChI=1S/C13H17Cl2NOS/c1-18-8-10-7-16-4-5-17-13(10)9-2-3-11(14)12(15)6-9/h2-3,6,10,13,16H,4-5,7-8H2,1H3/t10-,13-/m0/s1. The Labute approximate surface area is 122 Å². The van der Waals surface area contributed by atoms with E-state index in [4.69, 9.17) is 27.9 Å². The molecule has 1 fully saturated rings. The summed E-state index contributed by atoms with van der Waals surface area (Å²) in [6.07, 6.45) is 2.22. The van der Waals surface area contributed by atoms with E-state index in [1.807, 2.05) is 30.0 Å². The molecule has 2 atom stereocenters. The monoisotopic (exact) mass is 305 g/mol. The van der Waals surface area contributed by atoms with Crippen LogP contribution in [0.15, 0.2) is 18.2 Å². The molecule has 2 rings (SSSR count). The van der Waals surface area contributed by atoms with Crippen LogP contribution in [0.3, 0.4) is 0 Å². The van der Waals surface area contributed by atoms with Crippen LogP contribution in [0, 0.1) is 5.92 Å². The fraction of sp³-hybridized carbons (Fsp3) is 0.538. The first-order chi connectivity index (χ1) is 8.72. The van der Waals surface area contributed by atoms with Gasteiger partial charge in [0.1, 0.15) is 0 Å². The van der Waals surface area contributed by atoms with Crippen LogP contribution < -0.4 is 5.32 Å². The predicted octanol–water partition coefficient (Wildman–Crippen LogP) is 3.63. The molecule has 1 aromatic rings. The lowest BCUT2D eigenvalue weighted by molar-refractivity contribution is 0.0374. The van der Waals surface area contributed by atoms with E-state index in [2.05, 4.69) is 11.6 Å². The molecule has 0 spiro atoms. The van der Waals surface area contributed by atoms with Crippen molar-refractivity contribution in [1.82, 2.24) is 5.32 Å². The van der Waals surface area contributed by atoms with E-state index in [-0.39, 0.29) is 6.10 Å². The molecule has 0 aliphatic carbocycles. The topological polar surface area (TPSA) is 21.3 Å². The SMILES string of the molecule is CSC[C@@H]1CNCCO[C@H]1c1ccc(Cl)c(Cl)c1. The van der Waals surface area contributed by atoms with Crippen molar-refractivity contribution < 1.29 is 4.74 Å². The van der Waals surface area contributed by atoms with Gasteiger partial charge < -0.3 is 10.1 Å². The molecule has 0 saturated carbocycles. The minimum absolute atomic E-state index is 0.0993. The molecule has 2 nitrogen and oxygen atoms in total. The molecule has 1 N–H and O–H groups in total. The summed E-state index contributed by atoms with van der Waals surface area (Å²) >= 11 is 13.9. The maximum Gasteiger partial charge on any atom is 0.0874 e. The quantitative estimate of drug-likeness (QED) is 0.921. The summed E-state index contributed by atoms with van der Waals surface area (Å²) in [5, 5.41) is 4.60. The van der Waals surface area contributed by atoms with Crippen molar-refractivity contribution in [3.05, 3.63) is 33.8 Å². The number of hydrogen-bond donors (Lipinski definition) is 1. The van der Waals surface area contributed by atoms with Gasteiger partial charge in [0.2, 0.25) is 0 Å². The largest absolute Gasteiger partial charge is 0.372 e. The number of benzene rings is 1. The summed E-state index contributed by atoms with van der Waals surface area (Å²) in [7, 11) is 0. The van der Waals surface area contributed by atoms with Gasteiger partial charge in [-0.25, -0.2) is 0 Å². The minimum atomic E-state index is 0.0993. The van der Waals surface area contributed by atoms with E-state index in [1.165, 1.54) is 0 Å². The van der Waals surface area contributed by atoms with Gasteiger partial charge in [0.15, 0.2) is 0 Å². The third kappa shape index (κ3) is 3.55. The zero-order valence-electron chi connectivity index (χ0n) is 10.3. The van der Waals surface area contributed by atoms with Crippen LogP contribution in [0.25, 0.3) is 0 Å². The molecule has 18 heavy (non-hydrogen) atoms. The van der Waals surface area contributed by atoms with Crippen LogP contribution in [0.2, 0.25) is 10.0 Å². The second-order valence-electron chi connectivity index (χ2n) is 4.38. The van der Waals surface area contributed by atoms with E-state index in [9.17, 15) is 0 Å². The zero-order chi connectivity index (χ0) is 13.0. The number of halogens is 2. The number of ether oxygens (including phenoxy) is 1. The van der Waals surface area contributed by atoms with Gasteiger partial charge in [0.25, 0.3) is 0 Å². The molecule has 5 heteroatoms. The predicted molar refractivity (Wildman–Crippen MR) is 79.9 cm³/mol. The van der Waals surface area contributed by atoms with E-state index in [0.29, 0.717) is 16.0 Å². The molecule has 0 amide bonds. The third-order valence-electron chi connectivity index (χ3n) is 3.06. The van der Waals surface area contributed by atoms with E-state index in [0.717, 1.165) is 31.0 Å². The first-order valence-corrected chi connectivity index (χ1v) is 8.13. The second-order valence-corrected chi connectivity index (χ2v) is 6.11. The fourth-order valence-corrected chi connectivity index (χ4v) is 3.23. The Morgan fingerprint density at radius 1 is 1.39 bits per heavy atom. The Bertz CT molecular complexity index is 403. The Morgan fingerprint density at radius 3 is 2.94 bits per heavy atom. The molecular weight excluding hydrogens is 289 g/mol. The van der Waals surface area contributed by atoms with Crippen LogP contribution in [-0.2, 0) is 4.74 Å². The van der Waals surface area contributed by atoms with Gasteiger partial charge in [0.05, 0.1) is 22.8 Å². The summed E-state index contributed by atoms with van der Waals surface area (Å²) in [4.78, 5) is 0. The molecule has 1 aliphatic rings. The molecule has 100 valence electrons. The number of thioether (sulfide) groups is 1. The smallest absolute Gasteiger partial charge is 0.0874 e. The summed E-state index contributed by atoms with van der Waals surface area (Å²) in [5.41, 5.74) is 1.12. The number of nitrogens with one attached hydrogen (secondary N) is 1. The normalized spacial score (nSPS) is 24.8. The Morgan fingerprint density at radius 2 is 2.22 bits per heavy atom. The zero-order valence-corrected chi connectivity index (χ0v) is 12.6. The Balaban J connectivity index is 2.22. The van der Waals surface area contributed by atoms with Crippen molar-refractivity contribution in [2.45, 2.75) is 6.10 Å². The molecule has 1 aliphatic heterocycles. The van der Waals surface area contributed by atoms with Crippen molar-refractivity contribution in [3.8, 4) is 0 Å². The highest BCUT2D eigenvalue weighted by atomic mass is 35.5. The molecular formula is C13H17Cl2NOS. The summed E-state index contributed by atoms with van der Waals surface area (Å²) in [5.74, 6) is 1.53. The van der Waals surface area contributed by atoms with Gasteiger partial charge in [0, 0.05) is 19.0 Å². The van der Waals surface area contributed by atoms with Crippen molar-refractivity contribution in [1.29, 1.82) is 0 Å². The molecule has 0 aromatic heterocycles. The third-order valence-corrected chi connectivity index (χ3v) is 4.56. The number of hydrogen-bond acceptors (Lipinski definition) is 3. The lowest BCUT2D eigenvalue weighted by Crippen LogP contribution is -2.26. The van der Waals surface area contributed by atoms with E-state index >= 15 is 0 Å². The average molecular weight is 306 g/mol. The lowest BCUT2D eigenvalue weighted by Gasteiger charge is -2.24.